The summed E-state index contributed by atoms with van der Waals surface area (Å²) in [6.45, 7) is -0.334. The first kappa shape index (κ1) is 9.79. The van der Waals surface area contributed by atoms with Gasteiger partial charge < -0.3 is 9.63 Å². The molecular formula is C10H7F2NO2. The highest BCUT2D eigenvalue weighted by Gasteiger charge is 2.15. The Labute approximate surface area is 83.9 Å². The van der Waals surface area contributed by atoms with Gasteiger partial charge in [0.15, 0.2) is 5.76 Å². The van der Waals surface area contributed by atoms with Crippen LogP contribution in [0, 0.1) is 11.6 Å². The van der Waals surface area contributed by atoms with Crippen molar-refractivity contribution in [3.05, 3.63) is 41.6 Å². The number of aromatic nitrogens is 1. The molecule has 1 aromatic heterocycles. The minimum atomic E-state index is -0.726. The molecule has 5 heteroatoms. The molecule has 0 radical (unpaired) electrons. The van der Waals surface area contributed by atoms with Gasteiger partial charge in [-0.25, -0.2) is 8.78 Å². The fourth-order valence-corrected chi connectivity index (χ4v) is 1.24. The Morgan fingerprint density at radius 2 is 1.93 bits per heavy atom. The Balaban J connectivity index is 2.53. The van der Waals surface area contributed by atoms with E-state index in [1.54, 1.807) is 0 Å². The first-order valence-electron chi connectivity index (χ1n) is 4.23. The Hall–Kier alpha value is -1.75. The van der Waals surface area contributed by atoms with Crippen molar-refractivity contribution < 1.29 is 18.4 Å². The van der Waals surface area contributed by atoms with Gasteiger partial charge in [0, 0.05) is 6.07 Å². The van der Waals surface area contributed by atoms with Crippen molar-refractivity contribution in [1.29, 1.82) is 0 Å². The maximum Gasteiger partial charge on any atom is 0.173 e. The van der Waals surface area contributed by atoms with Crippen LogP contribution < -0.4 is 0 Å². The average Bonchev–Trinajstić information content (AvgIpc) is 2.66. The van der Waals surface area contributed by atoms with Gasteiger partial charge in [-0.2, -0.15) is 0 Å². The second kappa shape index (κ2) is 3.78. The first-order chi connectivity index (χ1) is 7.22. The normalized spacial score (nSPS) is 10.6. The van der Waals surface area contributed by atoms with Crippen LogP contribution in [-0.4, -0.2) is 10.3 Å². The molecule has 0 aliphatic heterocycles. The van der Waals surface area contributed by atoms with Crippen LogP contribution in [0.25, 0.3) is 11.3 Å². The zero-order chi connectivity index (χ0) is 10.8. The third-order valence-corrected chi connectivity index (χ3v) is 1.93. The summed E-state index contributed by atoms with van der Waals surface area (Å²) in [6, 6.07) is 4.80. The SMILES string of the molecule is OCc1cc(-c2c(F)cccc2F)on1. The second-order valence-corrected chi connectivity index (χ2v) is 2.94. The van der Waals surface area contributed by atoms with Crippen LogP contribution in [0.2, 0.25) is 0 Å². The zero-order valence-corrected chi connectivity index (χ0v) is 7.58. The van der Waals surface area contributed by atoms with Crippen LogP contribution >= 0.6 is 0 Å². The molecule has 0 aliphatic rings. The second-order valence-electron chi connectivity index (χ2n) is 2.94. The van der Waals surface area contributed by atoms with Crippen LogP contribution in [0.3, 0.4) is 0 Å². The van der Waals surface area contributed by atoms with Crippen LogP contribution in [0.5, 0.6) is 0 Å². The summed E-state index contributed by atoms with van der Waals surface area (Å²) in [5.74, 6) is -1.49. The average molecular weight is 211 g/mol. The number of hydrogen-bond acceptors (Lipinski definition) is 3. The van der Waals surface area contributed by atoms with E-state index in [9.17, 15) is 8.78 Å². The van der Waals surface area contributed by atoms with Crippen molar-refractivity contribution in [3.63, 3.8) is 0 Å². The predicted octanol–water partition coefficient (Wildman–Crippen LogP) is 2.11. The Morgan fingerprint density at radius 3 is 2.47 bits per heavy atom. The fraction of sp³-hybridized carbons (Fsp3) is 0.100. The third-order valence-electron chi connectivity index (χ3n) is 1.93. The number of aliphatic hydroxyl groups is 1. The molecule has 0 unspecified atom stereocenters. The molecule has 0 aliphatic carbocycles. The lowest BCUT2D eigenvalue weighted by atomic mass is 10.1. The highest BCUT2D eigenvalue weighted by Crippen LogP contribution is 2.26. The van der Waals surface area contributed by atoms with Crippen molar-refractivity contribution in [1.82, 2.24) is 5.16 Å². The molecule has 2 rings (SSSR count). The zero-order valence-electron chi connectivity index (χ0n) is 7.58. The van der Waals surface area contributed by atoms with Crippen molar-refractivity contribution in [3.8, 4) is 11.3 Å². The third kappa shape index (κ3) is 1.73. The summed E-state index contributed by atoms with van der Waals surface area (Å²) in [5.41, 5.74) is -0.0441. The van der Waals surface area contributed by atoms with Gasteiger partial charge >= 0.3 is 0 Å². The topological polar surface area (TPSA) is 46.3 Å². The quantitative estimate of drug-likeness (QED) is 0.827. The van der Waals surface area contributed by atoms with E-state index >= 15 is 0 Å². The molecule has 0 bridgehead atoms. The monoisotopic (exact) mass is 211 g/mol. The van der Waals surface area contributed by atoms with Gasteiger partial charge in [0.2, 0.25) is 0 Å². The molecule has 1 heterocycles. The summed E-state index contributed by atoms with van der Waals surface area (Å²) in [4.78, 5) is 0. The molecule has 1 N–H and O–H groups in total. The van der Waals surface area contributed by atoms with E-state index in [0.717, 1.165) is 12.1 Å². The molecule has 3 nitrogen and oxygen atoms in total. The lowest BCUT2D eigenvalue weighted by Gasteiger charge is -1.98. The van der Waals surface area contributed by atoms with Gasteiger partial charge in [0.1, 0.15) is 17.3 Å². The maximum atomic E-state index is 13.3. The summed E-state index contributed by atoms with van der Waals surface area (Å²) >= 11 is 0. The molecule has 0 saturated carbocycles. The van der Waals surface area contributed by atoms with E-state index in [-0.39, 0.29) is 23.6 Å². The highest BCUT2D eigenvalue weighted by molar-refractivity contribution is 5.58. The summed E-state index contributed by atoms with van der Waals surface area (Å²) in [7, 11) is 0. The maximum absolute atomic E-state index is 13.3. The standard InChI is InChI=1S/C10H7F2NO2/c11-7-2-1-3-8(12)10(7)9-4-6(5-14)13-15-9/h1-4,14H,5H2. The smallest absolute Gasteiger partial charge is 0.173 e. The lowest BCUT2D eigenvalue weighted by molar-refractivity contribution is 0.267. The summed E-state index contributed by atoms with van der Waals surface area (Å²) in [5, 5.41) is 12.2. The van der Waals surface area contributed by atoms with Gasteiger partial charge in [-0.1, -0.05) is 11.2 Å². The van der Waals surface area contributed by atoms with E-state index in [0.29, 0.717) is 0 Å². The molecule has 78 valence electrons. The number of nitrogens with zero attached hydrogens (tertiary/aromatic N) is 1. The molecule has 1 aromatic carbocycles. The number of aliphatic hydroxyl groups excluding tert-OH is 1. The number of benzene rings is 1. The predicted molar refractivity (Wildman–Crippen MR) is 47.8 cm³/mol. The molecule has 15 heavy (non-hydrogen) atoms. The van der Waals surface area contributed by atoms with E-state index in [1.807, 2.05) is 0 Å². The molecule has 0 fully saturated rings. The van der Waals surface area contributed by atoms with Gasteiger partial charge in [0.25, 0.3) is 0 Å². The molecule has 0 atom stereocenters. The lowest BCUT2D eigenvalue weighted by Crippen LogP contribution is -1.87. The Bertz CT molecular complexity index is 462. The van der Waals surface area contributed by atoms with Crippen LogP contribution in [0.4, 0.5) is 8.78 Å². The van der Waals surface area contributed by atoms with Crippen LogP contribution in [0.15, 0.2) is 28.8 Å². The minimum absolute atomic E-state index is 0.0327. The van der Waals surface area contributed by atoms with Gasteiger partial charge in [0.05, 0.1) is 12.2 Å². The largest absolute Gasteiger partial charge is 0.390 e. The van der Waals surface area contributed by atoms with E-state index in [4.69, 9.17) is 9.63 Å². The van der Waals surface area contributed by atoms with Gasteiger partial charge in [-0.05, 0) is 12.1 Å². The van der Waals surface area contributed by atoms with E-state index in [1.165, 1.54) is 12.1 Å². The highest BCUT2D eigenvalue weighted by atomic mass is 19.1. The number of halogens is 2. The molecule has 0 amide bonds. The summed E-state index contributed by atoms with van der Waals surface area (Å²) in [6.07, 6.45) is 0. The fourth-order valence-electron chi connectivity index (χ4n) is 1.24. The van der Waals surface area contributed by atoms with Gasteiger partial charge in [-0.3, -0.25) is 0 Å². The molecule has 0 saturated heterocycles. The van der Waals surface area contributed by atoms with Crippen molar-refractivity contribution in [2.75, 3.05) is 0 Å². The van der Waals surface area contributed by atoms with E-state index < -0.39 is 11.6 Å². The molecule has 0 spiro atoms. The Morgan fingerprint density at radius 1 is 1.27 bits per heavy atom. The van der Waals surface area contributed by atoms with Crippen molar-refractivity contribution in [2.24, 2.45) is 0 Å². The summed E-state index contributed by atoms with van der Waals surface area (Å²) < 4.78 is 31.2. The van der Waals surface area contributed by atoms with Crippen LogP contribution in [0.1, 0.15) is 5.69 Å². The number of rotatable bonds is 2. The first-order valence-corrected chi connectivity index (χ1v) is 4.23. The van der Waals surface area contributed by atoms with Gasteiger partial charge in [-0.15, -0.1) is 0 Å². The van der Waals surface area contributed by atoms with Crippen LogP contribution in [-0.2, 0) is 6.61 Å². The van der Waals surface area contributed by atoms with E-state index in [2.05, 4.69) is 5.16 Å². The van der Waals surface area contributed by atoms with Crippen molar-refractivity contribution >= 4 is 0 Å². The molecule has 2 aromatic rings. The molecular weight excluding hydrogens is 204 g/mol. The van der Waals surface area contributed by atoms with Crippen molar-refractivity contribution in [2.45, 2.75) is 6.61 Å². The number of hydrogen-bond donors (Lipinski definition) is 1. The minimum Gasteiger partial charge on any atom is -0.390 e. The Kier molecular flexibility index (Phi) is 2.47.